The summed E-state index contributed by atoms with van der Waals surface area (Å²) in [6.45, 7) is 0. The van der Waals surface area contributed by atoms with E-state index in [4.69, 9.17) is 0 Å². The van der Waals surface area contributed by atoms with Gasteiger partial charge in [0, 0.05) is 36.0 Å². The summed E-state index contributed by atoms with van der Waals surface area (Å²) >= 11 is 0. The average molecular weight is 552 g/mol. The summed E-state index contributed by atoms with van der Waals surface area (Å²) in [6.07, 6.45) is 12.7. The molecule has 1 aliphatic rings. The van der Waals surface area contributed by atoms with Crippen molar-refractivity contribution in [2.24, 2.45) is 0 Å². The zero-order valence-corrected chi connectivity index (χ0v) is 22.1. The van der Waals surface area contributed by atoms with Crippen LogP contribution in [-0.2, 0) is 11.0 Å². The summed E-state index contributed by atoms with van der Waals surface area (Å²) in [5.74, 6) is 0. The van der Waals surface area contributed by atoms with Crippen molar-refractivity contribution in [3.05, 3.63) is 115 Å². The molecule has 5 rings (SSSR count). The summed E-state index contributed by atoms with van der Waals surface area (Å²) in [5, 5.41) is 9.96. The lowest BCUT2D eigenvalue weighted by molar-refractivity contribution is -0.603. The largest absolute Gasteiger partial charge is 1.00 e. The van der Waals surface area contributed by atoms with Gasteiger partial charge in [-0.1, -0.05) is 42.5 Å². The molecule has 6 nitrogen and oxygen atoms in total. The van der Waals surface area contributed by atoms with E-state index >= 15 is 0 Å². The number of hydrogen-bond donors (Lipinski definition) is 2. The van der Waals surface area contributed by atoms with E-state index in [9.17, 15) is 19.6 Å². The minimum atomic E-state index is -4.50. The molecule has 0 radical (unpaired) electrons. The first-order chi connectivity index (χ1) is 16.9. The van der Waals surface area contributed by atoms with Gasteiger partial charge in [0.1, 0.15) is 5.16 Å². The van der Waals surface area contributed by atoms with E-state index < -0.39 is 12.8 Å². The number of pyridine rings is 2. The van der Waals surface area contributed by atoms with Gasteiger partial charge in [0.2, 0.25) is 5.69 Å². The minimum absolute atomic E-state index is 0. The second-order valence-corrected chi connectivity index (χ2v) is 10.6. The van der Waals surface area contributed by atoms with Crippen molar-refractivity contribution in [3.8, 4) is 22.9 Å². The Kier molecular flexibility index (Phi) is 8.71. The molecule has 2 heterocycles. The van der Waals surface area contributed by atoms with Gasteiger partial charge in [-0.05, 0) is 41.8 Å². The van der Waals surface area contributed by atoms with Crippen LogP contribution in [0.1, 0.15) is 17.7 Å². The number of benzene rings is 2. The summed E-state index contributed by atoms with van der Waals surface area (Å²) < 4.78 is 14.7. The monoisotopic (exact) mass is 551 g/mol. The number of allylic oxidation sites excluding steroid dienone is 4. The van der Waals surface area contributed by atoms with Crippen molar-refractivity contribution in [3.63, 3.8) is 0 Å². The van der Waals surface area contributed by atoms with Gasteiger partial charge in [0.05, 0.1) is 23.4 Å². The maximum absolute atomic E-state index is 12.8. The van der Waals surface area contributed by atoms with Crippen molar-refractivity contribution < 1.29 is 31.3 Å². The maximum Gasteiger partial charge on any atom is 0.336 e. The van der Waals surface area contributed by atoms with Crippen LogP contribution in [0.15, 0.2) is 104 Å². The van der Waals surface area contributed by atoms with Gasteiger partial charge >= 0.3 is 7.60 Å². The summed E-state index contributed by atoms with van der Waals surface area (Å²) in [4.78, 5) is 24.9. The van der Waals surface area contributed by atoms with Gasteiger partial charge in [-0.2, -0.15) is 9.83 Å². The number of nitriles is 1. The van der Waals surface area contributed by atoms with Crippen molar-refractivity contribution in [2.45, 2.75) is 18.0 Å². The van der Waals surface area contributed by atoms with E-state index in [0.29, 0.717) is 5.56 Å². The Bertz CT molecular complexity index is 1580. The normalized spacial score (nSPS) is 16.5. The molecule has 9 heteroatoms. The number of fused-ring (bicyclic) bond motifs is 1. The molecule has 1 aliphatic carbocycles. The fourth-order valence-electron chi connectivity index (χ4n) is 4.65. The Hall–Kier alpha value is -3.30. The predicted octanol–water partition coefficient (Wildman–Crippen LogP) is 2.45. The van der Waals surface area contributed by atoms with Gasteiger partial charge in [0.25, 0.3) is 0 Å². The van der Waals surface area contributed by atoms with Gasteiger partial charge in [-0.15, -0.1) is 12.4 Å². The molecule has 0 bridgehead atoms. The number of aromatic nitrogens is 2. The van der Waals surface area contributed by atoms with Crippen LogP contribution in [0.4, 0.5) is 0 Å². The number of nitrogens with zero attached hydrogens (tertiary/aromatic N) is 3. The van der Waals surface area contributed by atoms with Crippen LogP contribution in [-0.4, -0.2) is 19.9 Å². The molecule has 2 aromatic heterocycles. The third-order valence-electron chi connectivity index (χ3n) is 6.52. The van der Waals surface area contributed by atoms with Crippen LogP contribution in [0.5, 0.6) is 0 Å². The minimum Gasteiger partial charge on any atom is -1.00 e. The van der Waals surface area contributed by atoms with Gasteiger partial charge in [0.15, 0.2) is 11.9 Å². The molecule has 0 amide bonds. The van der Waals surface area contributed by atoms with Gasteiger partial charge < -0.3 is 22.2 Å². The average Bonchev–Trinajstić information content (AvgIpc) is 2.88. The van der Waals surface area contributed by atoms with E-state index in [1.165, 1.54) is 0 Å². The fourth-order valence-corrected chi connectivity index (χ4v) is 5.64. The molecule has 0 saturated carbocycles. The smallest absolute Gasteiger partial charge is 0.336 e. The van der Waals surface area contributed by atoms with Crippen molar-refractivity contribution in [2.75, 3.05) is 0 Å². The zero-order valence-electron chi connectivity index (χ0n) is 19.6. The molecule has 0 saturated heterocycles. The summed E-state index contributed by atoms with van der Waals surface area (Å²) in [7, 11) is -4.50. The summed E-state index contributed by atoms with van der Waals surface area (Å²) in [5.41, 5.74) is 4.05. The molecule has 4 aromatic rings. The predicted molar refractivity (Wildman–Crippen MR) is 142 cm³/mol. The second kappa shape index (κ2) is 11.4. The molecule has 2 aromatic carbocycles. The topological polar surface area (TPSA) is 98.1 Å². The highest BCUT2D eigenvalue weighted by Crippen LogP contribution is 2.56. The number of hydrogen-bond acceptors (Lipinski definition) is 3. The van der Waals surface area contributed by atoms with Crippen LogP contribution >= 0.6 is 20.0 Å². The first kappa shape index (κ1) is 28.3. The van der Waals surface area contributed by atoms with Crippen LogP contribution in [0.2, 0.25) is 0 Å². The molecule has 188 valence electrons. The Morgan fingerprint density at radius 3 is 2.38 bits per heavy atom. The van der Waals surface area contributed by atoms with Crippen LogP contribution < -0.4 is 17.0 Å². The molecular formula is C28H24Cl2N3O3P. The van der Waals surface area contributed by atoms with Crippen LogP contribution in [0.3, 0.4) is 0 Å². The van der Waals surface area contributed by atoms with Crippen molar-refractivity contribution >= 4 is 30.8 Å². The first-order valence-electron chi connectivity index (χ1n) is 11.2. The van der Waals surface area contributed by atoms with Gasteiger partial charge in [-0.25, -0.2) is 0 Å². The van der Waals surface area contributed by atoms with Crippen LogP contribution in [0, 0.1) is 11.3 Å². The highest BCUT2D eigenvalue weighted by Gasteiger charge is 2.46. The van der Waals surface area contributed by atoms with E-state index in [-0.39, 0.29) is 37.7 Å². The molecule has 0 fully saturated rings. The van der Waals surface area contributed by atoms with Crippen molar-refractivity contribution in [1.82, 2.24) is 4.98 Å². The number of halogens is 2. The zero-order chi connectivity index (χ0) is 24.5. The lowest BCUT2D eigenvalue weighted by atomic mass is 9.92. The molecule has 1 atom stereocenters. The third-order valence-corrected chi connectivity index (χ3v) is 8.17. The Morgan fingerprint density at radius 1 is 1.00 bits per heavy atom. The van der Waals surface area contributed by atoms with E-state index in [2.05, 4.69) is 11.1 Å². The lowest BCUT2D eigenvalue weighted by Crippen LogP contribution is -3.00. The van der Waals surface area contributed by atoms with Crippen LogP contribution in [0.25, 0.3) is 27.6 Å². The Balaban J connectivity index is 0.00000190. The second-order valence-electron chi connectivity index (χ2n) is 8.62. The van der Waals surface area contributed by atoms with Crippen molar-refractivity contribution in [1.29, 1.82) is 5.26 Å². The molecule has 0 spiro atoms. The molecule has 2 N–H and O–H groups in total. The highest BCUT2D eigenvalue weighted by molar-refractivity contribution is 7.53. The lowest BCUT2D eigenvalue weighted by Gasteiger charge is -2.31. The fraction of sp³-hybridized carbons (Fsp3) is 0.107. The highest BCUT2D eigenvalue weighted by atomic mass is 35.5. The van der Waals surface area contributed by atoms with E-state index in [1.807, 2.05) is 71.4 Å². The number of rotatable bonds is 5. The van der Waals surface area contributed by atoms with E-state index in [0.717, 1.165) is 33.3 Å². The van der Waals surface area contributed by atoms with E-state index in [1.54, 1.807) is 36.7 Å². The third kappa shape index (κ3) is 5.38. The SMILES string of the molecule is Cl.N#Cc1ccc(-[n+]2ccc(-c3ccncc3)cc2CC2(P(=O)(O)O)C=CC=CC2)c2ccccc12.[Cl-]. The molecule has 1 unspecified atom stereocenters. The molecular weight excluding hydrogens is 528 g/mol. The summed E-state index contributed by atoms with van der Waals surface area (Å²) in [6, 6.07) is 21.4. The Morgan fingerprint density at radius 2 is 1.73 bits per heavy atom. The standard InChI is InChI=1S/C28H22N3O3P.2ClH/c29-20-23-8-9-27(26-7-3-2-6-25(23)26)31-17-12-22(21-10-15-30-16-11-21)18-24(31)19-28(35(32,33)34)13-4-1-5-14-28;;/h1-13,15-18H,14,19H2,(H-,32,33,34);2*1H. The first-order valence-corrected chi connectivity index (χ1v) is 12.8. The Labute approximate surface area is 227 Å². The maximum atomic E-state index is 12.8. The molecule has 37 heavy (non-hydrogen) atoms. The van der Waals surface area contributed by atoms with Gasteiger partial charge in [-0.3, -0.25) is 9.55 Å². The molecule has 0 aliphatic heterocycles. The quantitative estimate of drug-likeness (QED) is 0.293.